The van der Waals surface area contributed by atoms with Gasteiger partial charge in [0.2, 0.25) is 0 Å². The molecule has 134 valence electrons. The van der Waals surface area contributed by atoms with Crippen molar-refractivity contribution in [3.63, 3.8) is 0 Å². The Hall–Kier alpha value is -2.54. The standard InChI is InChI=1S/C18H26N6O/c1-15(19-18(25)20-17-8-9-22(2)21-17)14-23-10-12-24(13-11-23)16-6-4-3-5-7-16/h3-9,15H,10-14H2,1-2H3,(H2,19,20,21,25)/t15-/m0/s1. The number of aryl methyl sites for hydroxylation is 1. The molecule has 2 N–H and O–H groups in total. The zero-order valence-electron chi connectivity index (χ0n) is 14.9. The normalized spacial score (nSPS) is 16.5. The molecule has 1 fully saturated rings. The number of rotatable bonds is 5. The van der Waals surface area contributed by atoms with Crippen molar-refractivity contribution in [1.82, 2.24) is 20.0 Å². The molecule has 0 bridgehead atoms. The van der Waals surface area contributed by atoms with Crippen LogP contribution < -0.4 is 15.5 Å². The van der Waals surface area contributed by atoms with Gasteiger partial charge >= 0.3 is 6.03 Å². The molecular weight excluding hydrogens is 316 g/mol. The lowest BCUT2D eigenvalue weighted by atomic mass is 10.2. The smallest absolute Gasteiger partial charge is 0.320 e. The minimum absolute atomic E-state index is 0.0759. The maximum absolute atomic E-state index is 12.0. The van der Waals surface area contributed by atoms with Gasteiger partial charge in [0, 0.05) is 63.8 Å². The molecule has 1 aliphatic rings. The van der Waals surface area contributed by atoms with Crippen LogP contribution in [0.1, 0.15) is 6.92 Å². The summed E-state index contributed by atoms with van der Waals surface area (Å²) >= 11 is 0. The second kappa shape index (κ2) is 8.02. The van der Waals surface area contributed by atoms with Gasteiger partial charge in [-0.15, -0.1) is 0 Å². The Kier molecular flexibility index (Phi) is 5.55. The quantitative estimate of drug-likeness (QED) is 0.869. The Bertz CT molecular complexity index is 678. The molecule has 1 aromatic heterocycles. The van der Waals surface area contributed by atoms with Gasteiger partial charge in [-0.1, -0.05) is 18.2 Å². The molecule has 0 radical (unpaired) electrons. The van der Waals surface area contributed by atoms with Gasteiger partial charge in [0.25, 0.3) is 0 Å². The lowest BCUT2D eigenvalue weighted by Crippen LogP contribution is -2.51. The minimum atomic E-state index is -0.214. The number of aromatic nitrogens is 2. The van der Waals surface area contributed by atoms with Crippen molar-refractivity contribution in [3.05, 3.63) is 42.6 Å². The highest BCUT2D eigenvalue weighted by Gasteiger charge is 2.19. The molecule has 2 heterocycles. The van der Waals surface area contributed by atoms with Gasteiger partial charge in [-0.2, -0.15) is 5.10 Å². The number of carbonyl (C=O) groups is 1. The predicted molar refractivity (Wildman–Crippen MR) is 99.9 cm³/mol. The lowest BCUT2D eigenvalue weighted by molar-refractivity contribution is 0.224. The van der Waals surface area contributed by atoms with Crippen molar-refractivity contribution in [2.75, 3.05) is 42.9 Å². The average Bonchev–Trinajstić information content (AvgIpc) is 3.01. The van der Waals surface area contributed by atoms with Gasteiger partial charge in [0.05, 0.1) is 0 Å². The predicted octanol–water partition coefficient (Wildman–Crippen LogP) is 1.75. The van der Waals surface area contributed by atoms with Crippen molar-refractivity contribution < 1.29 is 4.79 Å². The molecule has 1 atom stereocenters. The van der Waals surface area contributed by atoms with Crippen molar-refractivity contribution >= 4 is 17.5 Å². The maximum Gasteiger partial charge on any atom is 0.320 e. The van der Waals surface area contributed by atoms with Crippen LogP contribution in [0.2, 0.25) is 0 Å². The molecule has 1 aromatic carbocycles. The molecule has 0 aliphatic carbocycles. The number of hydrogen-bond donors (Lipinski definition) is 2. The molecule has 0 saturated carbocycles. The van der Waals surface area contributed by atoms with E-state index in [2.05, 4.69) is 49.8 Å². The summed E-state index contributed by atoms with van der Waals surface area (Å²) in [6, 6.07) is 12.1. The Labute approximate surface area is 148 Å². The fourth-order valence-corrected chi connectivity index (χ4v) is 3.12. The molecule has 1 aliphatic heterocycles. The SMILES string of the molecule is C[C@@H](CN1CCN(c2ccccc2)CC1)NC(=O)Nc1ccn(C)n1. The second-order valence-electron chi connectivity index (χ2n) is 6.50. The number of anilines is 2. The monoisotopic (exact) mass is 342 g/mol. The van der Waals surface area contributed by atoms with E-state index in [0.717, 1.165) is 32.7 Å². The van der Waals surface area contributed by atoms with Crippen LogP contribution in [0.4, 0.5) is 16.3 Å². The summed E-state index contributed by atoms with van der Waals surface area (Å²) in [6.07, 6.45) is 1.80. The number of benzene rings is 1. The summed E-state index contributed by atoms with van der Waals surface area (Å²) in [5.74, 6) is 0.559. The summed E-state index contributed by atoms with van der Waals surface area (Å²) in [6.45, 7) is 6.90. The Morgan fingerprint density at radius 3 is 2.52 bits per heavy atom. The molecule has 7 heteroatoms. The molecule has 2 amide bonds. The van der Waals surface area contributed by atoms with Crippen LogP contribution in [0, 0.1) is 0 Å². The number of carbonyl (C=O) groups excluding carboxylic acids is 1. The lowest BCUT2D eigenvalue weighted by Gasteiger charge is -2.37. The van der Waals surface area contributed by atoms with Crippen LogP contribution in [0.25, 0.3) is 0 Å². The Morgan fingerprint density at radius 1 is 1.16 bits per heavy atom. The first-order valence-corrected chi connectivity index (χ1v) is 8.69. The molecule has 25 heavy (non-hydrogen) atoms. The first-order valence-electron chi connectivity index (χ1n) is 8.69. The molecule has 1 saturated heterocycles. The van der Waals surface area contributed by atoms with Gasteiger partial charge in [-0.05, 0) is 19.1 Å². The van der Waals surface area contributed by atoms with E-state index in [1.807, 2.05) is 20.0 Å². The van der Waals surface area contributed by atoms with Gasteiger partial charge in [0.1, 0.15) is 0 Å². The van der Waals surface area contributed by atoms with Gasteiger partial charge in [-0.25, -0.2) is 4.79 Å². The number of piperazine rings is 1. The van der Waals surface area contributed by atoms with Crippen molar-refractivity contribution in [3.8, 4) is 0 Å². The van der Waals surface area contributed by atoms with Gasteiger partial charge in [0.15, 0.2) is 5.82 Å². The van der Waals surface area contributed by atoms with Crippen LogP contribution in [-0.2, 0) is 7.05 Å². The van der Waals surface area contributed by atoms with E-state index in [-0.39, 0.29) is 12.1 Å². The summed E-state index contributed by atoms with van der Waals surface area (Å²) < 4.78 is 1.66. The third kappa shape index (κ3) is 4.96. The largest absolute Gasteiger partial charge is 0.369 e. The summed E-state index contributed by atoms with van der Waals surface area (Å²) in [5.41, 5.74) is 1.28. The number of nitrogens with one attached hydrogen (secondary N) is 2. The van der Waals surface area contributed by atoms with Crippen LogP contribution >= 0.6 is 0 Å². The molecular formula is C18H26N6O. The highest BCUT2D eigenvalue weighted by molar-refractivity contribution is 5.88. The highest BCUT2D eigenvalue weighted by Crippen LogP contribution is 2.15. The van der Waals surface area contributed by atoms with Crippen LogP contribution in [0.15, 0.2) is 42.6 Å². The molecule has 0 spiro atoms. The molecule has 3 rings (SSSR count). The Morgan fingerprint density at radius 2 is 1.88 bits per heavy atom. The van der Waals surface area contributed by atoms with E-state index in [0.29, 0.717) is 5.82 Å². The minimum Gasteiger partial charge on any atom is -0.369 e. The van der Waals surface area contributed by atoms with E-state index in [9.17, 15) is 4.79 Å². The van der Waals surface area contributed by atoms with Crippen LogP contribution in [0.3, 0.4) is 0 Å². The van der Waals surface area contributed by atoms with E-state index in [1.165, 1.54) is 5.69 Å². The second-order valence-corrected chi connectivity index (χ2v) is 6.50. The van der Waals surface area contributed by atoms with Crippen LogP contribution in [0.5, 0.6) is 0 Å². The van der Waals surface area contributed by atoms with E-state index >= 15 is 0 Å². The van der Waals surface area contributed by atoms with E-state index in [1.54, 1.807) is 16.9 Å². The molecule has 2 aromatic rings. The summed E-state index contributed by atoms with van der Waals surface area (Å²) in [5, 5.41) is 9.86. The first-order chi connectivity index (χ1) is 12.1. The zero-order chi connectivity index (χ0) is 17.6. The number of hydrogen-bond acceptors (Lipinski definition) is 4. The number of para-hydroxylation sites is 1. The summed E-state index contributed by atoms with van der Waals surface area (Å²) in [7, 11) is 1.82. The third-order valence-corrected chi connectivity index (χ3v) is 4.36. The molecule has 0 unspecified atom stereocenters. The summed E-state index contributed by atoms with van der Waals surface area (Å²) in [4.78, 5) is 16.8. The maximum atomic E-state index is 12.0. The highest BCUT2D eigenvalue weighted by atomic mass is 16.2. The fourth-order valence-electron chi connectivity index (χ4n) is 3.12. The number of amides is 2. The van der Waals surface area contributed by atoms with Crippen molar-refractivity contribution in [2.24, 2.45) is 7.05 Å². The molecule has 7 nitrogen and oxygen atoms in total. The van der Waals surface area contributed by atoms with Crippen molar-refractivity contribution in [2.45, 2.75) is 13.0 Å². The van der Waals surface area contributed by atoms with Gasteiger partial charge < -0.3 is 10.2 Å². The zero-order valence-corrected chi connectivity index (χ0v) is 14.9. The first kappa shape index (κ1) is 17.3. The van der Waals surface area contributed by atoms with Gasteiger partial charge in [-0.3, -0.25) is 14.9 Å². The third-order valence-electron chi connectivity index (χ3n) is 4.36. The topological polar surface area (TPSA) is 65.4 Å². The van der Waals surface area contributed by atoms with Crippen LogP contribution in [-0.4, -0.2) is 59.5 Å². The number of urea groups is 1. The Balaban J connectivity index is 1.40. The number of nitrogens with zero attached hydrogens (tertiary/aromatic N) is 4. The van der Waals surface area contributed by atoms with Crippen molar-refractivity contribution in [1.29, 1.82) is 0 Å². The van der Waals surface area contributed by atoms with E-state index < -0.39 is 0 Å². The average molecular weight is 342 g/mol. The van der Waals surface area contributed by atoms with E-state index in [4.69, 9.17) is 0 Å². The fraction of sp³-hybridized carbons (Fsp3) is 0.444.